The van der Waals surface area contributed by atoms with Gasteiger partial charge in [0, 0.05) is 44.8 Å². The van der Waals surface area contributed by atoms with E-state index in [-0.39, 0.29) is 5.56 Å². The molecule has 0 fully saturated rings. The average molecular weight is 233 g/mol. The maximum atomic E-state index is 11.7. The second-order valence-electron chi connectivity index (χ2n) is 3.96. The molecule has 0 aliphatic rings. The molecule has 0 aliphatic heterocycles. The molecule has 0 amide bonds. The number of hydrogen-bond donors (Lipinski definition) is 1. The van der Waals surface area contributed by atoms with Crippen LogP contribution < -0.4 is 10.9 Å². The zero-order chi connectivity index (χ0) is 12.4. The van der Waals surface area contributed by atoms with Gasteiger partial charge in [0.25, 0.3) is 5.56 Å². The Bertz CT molecular complexity index is 584. The van der Waals surface area contributed by atoms with Gasteiger partial charge in [-0.1, -0.05) is 0 Å². The topological polar surface area (TPSA) is 64.7 Å². The Kier molecular flexibility index (Phi) is 2.95. The highest BCUT2D eigenvalue weighted by Gasteiger charge is 2.05. The average Bonchev–Trinajstić information content (AvgIpc) is 2.60. The normalized spacial score (nSPS) is 10.5. The molecule has 1 N–H and O–H groups in total. The van der Waals surface area contributed by atoms with Gasteiger partial charge in [0.05, 0.1) is 5.69 Å². The Balaban J connectivity index is 2.15. The third-order valence-electron chi connectivity index (χ3n) is 2.58. The Hall–Kier alpha value is -2.11. The number of rotatable bonds is 3. The fraction of sp³-hybridized carbons (Fsp3) is 0.364. The van der Waals surface area contributed by atoms with Crippen molar-refractivity contribution in [1.82, 2.24) is 19.3 Å². The van der Waals surface area contributed by atoms with E-state index in [0.29, 0.717) is 12.4 Å². The Morgan fingerprint density at radius 2 is 2.18 bits per heavy atom. The Labute approximate surface area is 98.9 Å². The van der Waals surface area contributed by atoms with Crippen molar-refractivity contribution in [3.63, 3.8) is 0 Å². The van der Waals surface area contributed by atoms with Crippen molar-refractivity contribution >= 4 is 5.82 Å². The summed E-state index contributed by atoms with van der Waals surface area (Å²) in [6, 6.07) is 0. The summed E-state index contributed by atoms with van der Waals surface area (Å²) < 4.78 is 3.24. The molecule has 0 spiro atoms. The van der Waals surface area contributed by atoms with Gasteiger partial charge in [0.1, 0.15) is 0 Å². The fourth-order valence-corrected chi connectivity index (χ4v) is 1.62. The molecular formula is C11H15N5O. The number of nitrogens with zero attached hydrogens (tertiary/aromatic N) is 4. The van der Waals surface area contributed by atoms with Gasteiger partial charge in [-0.3, -0.25) is 9.48 Å². The lowest BCUT2D eigenvalue weighted by Gasteiger charge is -2.04. The SMILES string of the molecule is Cc1nn(C)cc1CNc1nccn(C)c1=O. The maximum Gasteiger partial charge on any atom is 0.293 e. The van der Waals surface area contributed by atoms with Crippen molar-refractivity contribution in [1.29, 1.82) is 0 Å². The largest absolute Gasteiger partial charge is 0.361 e. The van der Waals surface area contributed by atoms with Crippen molar-refractivity contribution in [2.45, 2.75) is 13.5 Å². The molecule has 0 atom stereocenters. The minimum absolute atomic E-state index is 0.131. The van der Waals surface area contributed by atoms with Gasteiger partial charge >= 0.3 is 0 Å². The molecule has 2 aromatic heterocycles. The first-order valence-electron chi connectivity index (χ1n) is 5.32. The molecule has 2 aromatic rings. The predicted octanol–water partition coefficient (Wildman–Crippen LogP) is 0.434. The quantitative estimate of drug-likeness (QED) is 0.835. The van der Waals surface area contributed by atoms with Crippen LogP contribution in [0.25, 0.3) is 0 Å². The zero-order valence-electron chi connectivity index (χ0n) is 10.1. The lowest BCUT2D eigenvalue weighted by atomic mass is 10.2. The van der Waals surface area contributed by atoms with E-state index in [2.05, 4.69) is 15.4 Å². The first-order valence-corrected chi connectivity index (χ1v) is 5.32. The number of anilines is 1. The van der Waals surface area contributed by atoms with Crippen LogP contribution >= 0.6 is 0 Å². The van der Waals surface area contributed by atoms with Crippen LogP contribution in [-0.2, 0) is 20.6 Å². The summed E-state index contributed by atoms with van der Waals surface area (Å²) in [5, 5.41) is 7.26. The predicted molar refractivity (Wildman–Crippen MR) is 64.7 cm³/mol. The van der Waals surface area contributed by atoms with E-state index in [1.807, 2.05) is 20.2 Å². The standard InChI is InChI=1S/C11H15N5O/c1-8-9(7-16(3)14-8)6-13-10-11(17)15(2)5-4-12-10/h4-5,7H,6H2,1-3H3,(H,12,13). The van der Waals surface area contributed by atoms with E-state index >= 15 is 0 Å². The summed E-state index contributed by atoms with van der Waals surface area (Å²) >= 11 is 0. The summed E-state index contributed by atoms with van der Waals surface area (Å²) in [6.45, 7) is 2.49. The monoisotopic (exact) mass is 233 g/mol. The van der Waals surface area contributed by atoms with E-state index in [1.54, 1.807) is 24.1 Å². The van der Waals surface area contributed by atoms with E-state index in [4.69, 9.17) is 0 Å². The minimum Gasteiger partial charge on any atom is -0.361 e. The summed E-state index contributed by atoms with van der Waals surface area (Å²) in [6.07, 6.45) is 5.15. The molecule has 2 rings (SSSR count). The number of nitrogens with one attached hydrogen (secondary N) is 1. The first kappa shape index (κ1) is 11.4. The van der Waals surface area contributed by atoms with Crippen LogP contribution in [0.4, 0.5) is 5.82 Å². The lowest BCUT2D eigenvalue weighted by molar-refractivity contribution is 0.756. The molecule has 0 radical (unpaired) electrons. The molecule has 0 saturated carbocycles. The second kappa shape index (κ2) is 4.40. The third-order valence-corrected chi connectivity index (χ3v) is 2.58. The highest BCUT2D eigenvalue weighted by atomic mass is 16.1. The molecule has 17 heavy (non-hydrogen) atoms. The highest BCUT2D eigenvalue weighted by molar-refractivity contribution is 5.33. The van der Waals surface area contributed by atoms with Crippen LogP contribution in [0.2, 0.25) is 0 Å². The van der Waals surface area contributed by atoms with Gasteiger partial charge < -0.3 is 9.88 Å². The molecular weight excluding hydrogens is 218 g/mol. The molecule has 0 bridgehead atoms. The van der Waals surface area contributed by atoms with Gasteiger partial charge in [-0.15, -0.1) is 0 Å². The van der Waals surface area contributed by atoms with Crippen LogP contribution in [0.15, 0.2) is 23.4 Å². The summed E-state index contributed by atoms with van der Waals surface area (Å²) in [7, 11) is 3.57. The van der Waals surface area contributed by atoms with Gasteiger partial charge in [-0.2, -0.15) is 5.10 Å². The van der Waals surface area contributed by atoms with Crippen molar-refractivity contribution in [2.24, 2.45) is 14.1 Å². The van der Waals surface area contributed by atoms with Crippen LogP contribution in [0, 0.1) is 6.92 Å². The molecule has 0 aliphatic carbocycles. The van der Waals surface area contributed by atoms with E-state index in [0.717, 1.165) is 11.3 Å². The first-order chi connectivity index (χ1) is 8.08. The van der Waals surface area contributed by atoms with Gasteiger partial charge in [-0.25, -0.2) is 4.98 Å². The fourth-order valence-electron chi connectivity index (χ4n) is 1.62. The molecule has 6 nitrogen and oxygen atoms in total. The van der Waals surface area contributed by atoms with Crippen molar-refractivity contribution in [3.8, 4) is 0 Å². The summed E-state index contributed by atoms with van der Waals surface area (Å²) in [5.74, 6) is 0.359. The number of aryl methyl sites for hydroxylation is 3. The molecule has 0 unspecified atom stereocenters. The van der Waals surface area contributed by atoms with Crippen molar-refractivity contribution in [3.05, 3.63) is 40.2 Å². The lowest BCUT2D eigenvalue weighted by Crippen LogP contribution is -2.21. The third kappa shape index (κ3) is 2.35. The van der Waals surface area contributed by atoms with Crippen molar-refractivity contribution in [2.75, 3.05) is 5.32 Å². The smallest absolute Gasteiger partial charge is 0.293 e. The zero-order valence-corrected chi connectivity index (χ0v) is 10.1. The van der Waals surface area contributed by atoms with Crippen LogP contribution in [0.5, 0.6) is 0 Å². The molecule has 90 valence electrons. The van der Waals surface area contributed by atoms with Crippen LogP contribution in [0.1, 0.15) is 11.3 Å². The second-order valence-corrected chi connectivity index (χ2v) is 3.96. The van der Waals surface area contributed by atoms with E-state index in [1.165, 1.54) is 4.57 Å². The maximum absolute atomic E-state index is 11.7. The molecule has 6 heteroatoms. The Morgan fingerprint density at radius 3 is 2.82 bits per heavy atom. The highest BCUT2D eigenvalue weighted by Crippen LogP contribution is 2.06. The molecule has 0 saturated heterocycles. The summed E-state index contributed by atoms with van der Waals surface area (Å²) in [4.78, 5) is 15.7. The van der Waals surface area contributed by atoms with Gasteiger partial charge in [-0.05, 0) is 6.92 Å². The van der Waals surface area contributed by atoms with Crippen LogP contribution in [0.3, 0.4) is 0 Å². The van der Waals surface area contributed by atoms with Gasteiger partial charge in [0.15, 0.2) is 5.82 Å². The van der Waals surface area contributed by atoms with E-state index < -0.39 is 0 Å². The molecule has 2 heterocycles. The van der Waals surface area contributed by atoms with Gasteiger partial charge in [0.2, 0.25) is 0 Å². The van der Waals surface area contributed by atoms with Crippen molar-refractivity contribution < 1.29 is 0 Å². The van der Waals surface area contributed by atoms with E-state index in [9.17, 15) is 4.79 Å². The molecule has 0 aromatic carbocycles. The van der Waals surface area contributed by atoms with Crippen LogP contribution in [-0.4, -0.2) is 19.3 Å². The summed E-state index contributed by atoms with van der Waals surface area (Å²) in [5.41, 5.74) is 1.88. The number of aromatic nitrogens is 4. The minimum atomic E-state index is -0.131. The Morgan fingerprint density at radius 1 is 1.41 bits per heavy atom. The number of hydrogen-bond acceptors (Lipinski definition) is 4.